The van der Waals surface area contributed by atoms with Gasteiger partial charge in [-0.05, 0) is 26.8 Å². The predicted molar refractivity (Wildman–Crippen MR) is 122 cm³/mol. The van der Waals surface area contributed by atoms with Crippen LogP contribution in [0.25, 0.3) is 28.1 Å². The fraction of sp³-hybridized carbons (Fsp3) is 0.318. The van der Waals surface area contributed by atoms with Crippen LogP contribution in [0.15, 0.2) is 36.9 Å². The maximum atomic E-state index is 11.2. The lowest BCUT2D eigenvalue weighted by atomic mass is 9.99. The molecule has 0 radical (unpaired) electrons. The van der Waals surface area contributed by atoms with E-state index in [1.165, 1.54) is 11.1 Å². The highest BCUT2D eigenvalue weighted by atomic mass is 16.4. The molecule has 34 heavy (non-hydrogen) atoms. The van der Waals surface area contributed by atoms with Gasteiger partial charge in [-0.15, -0.1) is 5.10 Å². The second-order valence-electron chi connectivity index (χ2n) is 8.52. The number of hydrogen-bond acceptors (Lipinski definition) is 8. The molecule has 12 nitrogen and oxygen atoms in total. The number of carbonyl (C=O) groups is 1. The molecule has 1 aliphatic heterocycles. The van der Waals surface area contributed by atoms with Crippen LogP contribution in [0, 0.1) is 11.3 Å². The van der Waals surface area contributed by atoms with Crippen molar-refractivity contribution in [2.24, 2.45) is 0 Å². The number of fused-ring (bicyclic) bond motifs is 1. The molecule has 0 spiro atoms. The molecule has 0 bridgehead atoms. The van der Waals surface area contributed by atoms with Crippen molar-refractivity contribution < 1.29 is 9.90 Å². The minimum Gasteiger partial charge on any atom is -0.465 e. The first-order chi connectivity index (χ1) is 16.4. The normalized spacial score (nSPS) is 17.6. The number of amides is 1. The summed E-state index contributed by atoms with van der Waals surface area (Å²) in [6, 6.07) is 5.59. The van der Waals surface area contributed by atoms with Crippen LogP contribution >= 0.6 is 0 Å². The van der Waals surface area contributed by atoms with E-state index in [9.17, 15) is 9.90 Å². The Kier molecular flexibility index (Phi) is 5.09. The van der Waals surface area contributed by atoms with Gasteiger partial charge in [0.15, 0.2) is 11.5 Å². The number of aromatic nitrogens is 7. The molecule has 5 heterocycles. The first-order valence-corrected chi connectivity index (χ1v) is 10.8. The Bertz CT molecular complexity index is 1430. The van der Waals surface area contributed by atoms with E-state index in [1.807, 2.05) is 33.0 Å². The first kappa shape index (κ1) is 21.3. The van der Waals surface area contributed by atoms with Crippen molar-refractivity contribution in [3.63, 3.8) is 0 Å². The number of hydrogen-bond donors (Lipinski definition) is 2. The van der Waals surface area contributed by atoms with Crippen molar-refractivity contribution >= 4 is 22.8 Å². The second kappa shape index (κ2) is 8.11. The largest absolute Gasteiger partial charge is 0.465 e. The standard InChI is InChI=1S/C22H22N10O2/c1-12(2)27-17-5-20(32-21-15(8-26-32)4-14(6-23)7-25-21)24-9-16(17)18-10-31(29-28-18)19-11-30(13(19)3)22(33)34/h4-5,7-10,12-13,19H,11H2,1-3H3,(H,24,27)(H,33,34). The fourth-order valence-corrected chi connectivity index (χ4v) is 4.05. The summed E-state index contributed by atoms with van der Waals surface area (Å²) in [4.78, 5) is 21.6. The summed E-state index contributed by atoms with van der Waals surface area (Å²) >= 11 is 0. The molecule has 0 saturated carbocycles. The van der Waals surface area contributed by atoms with Crippen LogP contribution in [0.5, 0.6) is 0 Å². The van der Waals surface area contributed by atoms with Crippen molar-refractivity contribution in [1.82, 2.24) is 39.6 Å². The highest BCUT2D eigenvalue weighted by Crippen LogP contribution is 2.32. The van der Waals surface area contributed by atoms with Crippen LogP contribution in [-0.2, 0) is 0 Å². The first-order valence-electron chi connectivity index (χ1n) is 10.8. The third-order valence-corrected chi connectivity index (χ3v) is 5.89. The molecule has 172 valence electrons. The van der Waals surface area contributed by atoms with Crippen LogP contribution in [-0.4, -0.2) is 69.5 Å². The molecule has 1 aliphatic rings. The predicted octanol–water partition coefficient (Wildman–Crippen LogP) is 2.69. The Balaban J connectivity index is 1.50. The quantitative estimate of drug-likeness (QED) is 0.460. The summed E-state index contributed by atoms with van der Waals surface area (Å²) < 4.78 is 3.34. The molecule has 2 unspecified atom stereocenters. The van der Waals surface area contributed by atoms with Gasteiger partial charge in [0.1, 0.15) is 11.8 Å². The third-order valence-electron chi connectivity index (χ3n) is 5.89. The Labute approximate surface area is 194 Å². The molecule has 12 heteroatoms. The van der Waals surface area contributed by atoms with Crippen molar-refractivity contribution in [2.75, 3.05) is 11.9 Å². The van der Waals surface area contributed by atoms with Crippen molar-refractivity contribution in [2.45, 2.75) is 38.9 Å². The van der Waals surface area contributed by atoms with E-state index < -0.39 is 6.09 Å². The summed E-state index contributed by atoms with van der Waals surface area (Å²) in [6.07, 6.45) is 5.75. The number of pyridine rings is 2. The highest BCUT2D eigenvalue weighted by molar-refractivity contribution is 5.79. The van der Waals surface area contributed by atoms with Gasteiger partial charge >= 0.3 is 6.09 Å². The molecule has 1 saturated heterocycles. The third kappa shape index (κ3) is 3.57. The van der Waals surface area contributed by atoms with Crippen LogP contribution in [0.3, 0.4) is 0 Å². The minimum atomic E-state index is -0.934. The second-order valence-corrected chi connectivity index (χ2v) is 8.52. The number of rotatable bonds is 5. The summed E-state index contributed by atoms with van der Waals surface area (Å²) in [5, 5.41) is 35.5. The van der Waals surface area contributed by atoms with E-state index in [0.717, 1.165) is 16.6 Å². The zero-order valence-electron chi connectivity index (χ0n) is 18.8. The van der Waals surface area contributed by atoms with Gasteiger partial charge in [0.25, 0.3) is 0 Å². The number of likely N-dealkylation sites (tertiary alicyclic amines) is 1. The monoisotopic (exact) mass is 458 g/mol. The van der Waals surface area contributed by atoms with Gasteiger partial charge in [-0.1, -0.05) is 5.21 Å². The van der Waals surface area contributed by atoms with E-state index in [0.29, 0.717) is 29.3 Å². The average Bonchev–Trinajstić information content (AvgIpc) is 3.44. The SMILES string of the molecule is CC(C)Nc1cc(-n2ncc3cc(C#N)cnc32)ncc1-c1cn(C2CN(C(=O)O)C2C)nn1. The van der Waals surface area contributed by atoms with E-state index in [4.69, 9.17) is 5.26 Å². The number of carboxylic acid groups (broad SMARTS) is 1. The molecule has 5 rings (SSSR count). The van der Waals surface area contributed by atoms with Gasteiger partial charge in [-0.3, -0.25) is 0 Å². The Morgan fingerprint density at radius 2 is 2.09 bits per heavy atom. The molecule has 2 atom stereocenters. The van der Waals surface area contributed by atoms with Crippen LogP contribution in [0.2, 0.25) is 0 Å². The van der Waals surface area contributed by atoms with Crippen molar-refractivity contribution in [3.8, 4) is 23.1 Å². The number of nitrogens with one attached hydrogen (secondary N) is 1. The van der Waals surface area contributed by atoms with Gasteiger partial charge in [0.2, 0.25) is 0 Å². The minimum absolute atomic E-state index is 0.0640. The maximum Gasteiger partial charge on any atom is 0.407 e. The van der Waals surface area contributed by atoms with E-state index in [1.54, 1.807) is 27.8 Å². The maximum absolute atomic E-state index is 11.2. The van der Waals surface area contributed by atoms with Gasteiger partial charge in [0, 0.05) is 47.7 Å². The van der Waals surface area contributed by atoms with Crippen molar-refractivity contribution in [1.29, 1.82) is 5.26 Å². The van der Waals surface area contributed by atoms with E-state index in [-0.39, 0.29) is 18.1 Å². The Morgan fingerprint density at radius 3 is 2.79 bits per heavy atom. The lowest BCUT2D eigenvalue weighted by Crippen LogP contribution is -2.57. The number of nitriles is 1. The number of nitrogens with zero attached hydrogens (tertiary/aromatic N) is 9. The zero-order chi connectivity index (χ0) is 24.0. The fourth-order valence-electron chi connectivity index (χ4n) is 4.05. The zero-order valence-corrected chi connectivity index (χ0v) is 18.8. The van der Waals surface area contributed by atoms with Crippen LogP contribution in [0.1, 0.15) is 32.4 Å². The number of anilines is 1. The molecular formula is C22H22N10O2. The molecule has 4 aromatic heterocycles. The van der Waals surface area contributed by atoms with Crippen LogP contribution in [0.4, 0.5) is 10.5 Å². The molecule has 4 aromatic rings. The van der Waals surface area contributed by atoms with E-state index in [2.05, 4.69) is 36.8 Å². The van der Waals surface area contributed by atoms with Gasteiger partial charge < -0.3 is 15.3 Å². The average molecular weight is 458 g/mol. The van der Waals surface area contributed by atoms with Gasteiger partial charge in [0.05, 0.1) is 30.0 Å². The van der Waals surface area contributed by atoms with Crippen molar-refractivity contribution in [3.05, 3.63) is 42.5 Å². The Morgan fingerprint density at radius 1 is 1.26 bits per heavy atom. The molecule has 0 aromatic carbocycles. The summed E-state index contributed by atoms with van der Waals surface area (Å²) in [6.45, 7) is 6.30. The molecule has 2 N–H and O–H groups in total. The Hall–Kier alpha value is -4.53. The highest BCUT2D eigenvalue weighted by Gasteiger charge is 2.40. The summed E-state index contributed by atoms with van der Waals surface area (Å²) in [5.41, 5.74) is 3.26. The molecule has 0 aliphatic carbocycles. The van der Waals surface area contributed by atoms with Gasteiger partial charge in [-0.25, -0.2) is 19.4 Å². The van der Waals surface area contributed by atoms with Gasteiger partial charge in [-0.2, -0.15) is 15.0 Å². The lowest BCUT2D eigenvalue weighted by Gasteiger charge is -2.43. The molecule has 1 amide bonds. The summed E-state index contributed by atoms with van der Waals surface area (Å²) in [7, 11) is 0. The van der Waals surface area contributed by atoms with E-state index >= 15 is 0 Å². The summed E-state index contributed by atoms with van der Waals surface area (Å²) in [5.74, 6) is 0.566. The van der Waals surface area contributed by atoms with Crippen LogP contribution < -0.4 is 5.32 Å². The molecule has 1 fully saturated rings. The topological polar surface area (TPSA) is 151 Å². The smallest absolute Gasteiger partial charge is 0.407 e. The lowest BCUT2D eigenvalue weighted by molar-refractivity contribution is 0.0329. The molecular weight excluding hydrogens is 436 g/mol.